The Morgan fingerprint density at radius 3 is 1.91 bits per heavy atom. The van der Waals surface area contributed by atoms with E-state index in [0.717, 1.165) is 56.0 Å². The van der Waals surface area contributed by atoms with Crippen LogP contribution in [0.5, 0.6) is 11.5 Å². The van der Waals surface area contributed by atoms with Crippen molar-refractivity contribution in [3.63, 3.8) is 0 Å². The maximum Gasteiger partial charge on any atom is 0.156 e. The molecule has 2 aromatic carbocycles. The molecule has 0 saturated heterocycles. The Hall–Kier alpha value is -1.13. The molecule has 0 aliphatic rings. The van der Waals surface area contributed by atoms with Gasteiger partial charge < -0.3 is 14.4 Å². The van der Waals surface area contributed by atoms with E-state index in [-0.39, 0.29) is 5.41 Å². The van der Waals surface area contributed by atoms with Gasteiger partial charge in [0.05, 0.1) is 23.3 Å². The van der Waals surface area contributed by atoms with E-state index in [0.29, 0.717) is 28.3 Å². The summed E-state index contributed by atoms with van der Waals surface area (Å²) < 4.78 is 11.7. The lowest BCUT2D eigenvalue weighted by molar-refractivity contribution is 0.234. The Labute approximate surface area is 215 Å². The Balaban J connectivity index is 2.00. The fourth-order valence-corrected chi connectivity index (χ4v) is 4.57. The number of rotatable bonds is 15. The first-order valence-corrected chi connectivity index (χ1v) is 13.3. The lowest BCUT2D eigenvalue weighted by atomic mass is 9.78. The Morgan fingerprint density at radius 1 is 0.788 bits per heavy atom. The lowest BCUT2D eigenvalue weighted by Gasteiger charge is -2.27. The summed E-state index contributed by atoms with van der Waals surface area (Å²) >= 11 is 18.7. The lowest BCUT2D eigenvalue weighted by Crippen LogP contribution is -2.27. The molecular formula is C27H38Cl3NO2. The van der Waals surface area contributed by atoms with Crippen LogP contribution >= 0.6 is 34.8 Å². The van der Waals surface area contributed by atoms with E-state index < -0.39 is 0 Å². The van der Waals surface area contributed by atoms with Gasteiger partial charge in [-0.1, -0.05) is 63.0 Å². The van der Waals surface area contributed by atoms with E-state index in [1.165, 1.54) is 12.8 Å². The molecule has 33 heavy (non-hydrogen) atoms. The van der Waals surface area contributed by atoms with Crippen molar-refractivity contribution in [2.24, 2.45) is 0 Å². The second-order valence-corrected chi connectivity index (χ2v) is 10.0. The van der Waals surface area contributed by atoms with Gasteiger partial charge in [0.25, 0.3) is 0 Å². The summed E-state index contributed by atoms with van der Waals surface area (Å²) in [5.74, 6) is 1.95. The third-order valence-electron chi connectivity index (χ3n) is 5.79. The molecule has 0 unspecified atom stereocenters. The van der Waals surface area contributed by atoms with Crippen molar-refractivity contribution in [2.45, 2.75) is 58.8 Å². The predicted molar refractivity (Wildman–Crippen MR) is 143 cm³/mol. The zero-order valence-corrected chi connectivity index (χ0v) is 22.7. The van der Waals surface area contributed by atoms with Gasteiger partial charge in [0.15, 0.2) is 5.75 Å². The van der Waals surface area contributed by atoms with Gasteiger partial charge in [-0.05, 0) is 74.2 Å². The monoisotopic (exact) mass is 513 g/mol. The van der Waals surface area contributed by atoms with E-state index >= 15 is 0 Å². The molecule has 6 heteroatoms. The Bertz CT molecular complexity index is 811. The van der Waals surface area contributed by atoms with Crippen LogP contribution in [0.15, 0.2) is 36.4 Å². The van der Waals surface area contributed by atoms with Crippen LogP contribution in [0.4, 0.5) is 0 Å². The smallest absolute Gasteiger partial charge is 0.156 e. The molecule has 0 heterocycles. The van der Waals surface area contributed by atoms with Crippen molar-refractivity contribution in [1.82, 2.24) is 4.90 Å². The highest BCUT2D eigenvalue weighted by Crippen LogP contribution is 2.40. The van der Waals surface area contributed by atoms with Crippen molar-refractivity contribution < 1.29 is 9.47 Å². The topological polar surface area (TPSA) is 21.7 Å². The number of benzene rings is 2. The number of ether oxygens (including phenoxy) is 2. The number of alkyl halides is 1. The molecule has 0 atom stereocenters. The van der Waals surface area contributed by atoms with Crippen LogP contribution in [0.3, 0.4) is 0 Å². The highest BCUT2D eigenvalue weighted by Gasteiger charge is 2.25. The molecule has 0 amide bonds. The fraction of sp³-hybridized carbons (Fsp3) is 0.556. The molecule has 184 valence electrons. The number of hydrogen-bond donors (Lipinski definition) is 0. The molecule has 2 aromatic rings. The van der Waals surface area contributed by atoms with Gasteiger partial charge in [0.2, 0.25) is 0 Å². The second kappa shape index (κ2) is 14.3. The summed E-state index contributed by atoms with van der Waals surface area (Å²) in [7, 11) is 0. The number of halogens is 3. The molecule has 0 aliphatic heterocycles. The largest absolute Gasteiger partial charge is 0.494 e. The van der Waals surface area contributed by atoms with Crippen LogP contribution in [-0.4, -0.2) is 43.6 Å². The van der Waals surface area contributed by atoms with Crippen molar-refractivity contribution in [2.75, 3.05) is 38.7 Å². The Morgan fingerprint density at radius 2 is 1.36 bits per heavy atom. The van der Waals surface area contributed by atoms with Crippen LogP contribution in [0.2, 0.25) is 10.0 Å². The van der Waals surface area contributed by atoms with Crippen molar-refractivity contribution in [3.05, 3.63) is 57.6 Å². The van der Waals surface area contributed by atoms with Crippen LogP contribution < -0.4 is 9.47 Å². The molecule has 0 radical (unpaired) electrons. The molecule has 0 spiro atoms. The highest BCUT2D eigenvalue weighted by atomic mass is 35.5. The van der Waals surface area contributed by atoms with Gasteiger partial charge in [-0.2, -0.15) is 0 Å². The first-order chi connectivity index (χ1) is 15.8. The summed E-state index contributed by atoms with van der Waals surface area (Å²) in [6, 6.07) is 12.2. The molecule has 0 aliphatic carbocycles. The van der Waals surface area contributed by atoms with Crippen LogP contribution in [0.25, 0.3) is 0 Å². The summed E-state index contributed by atoms with van der Waals surface area (Å²) in [5.41, 5.74) is 1.92. The second-order valence-electron chi connectivity index (χ2n) is 8.85. The zero-order valence-electron chi connectivity index (χ0n) is 20.4. The average Bonchev–Trinajstić information content (AvgIpc) is 2.79. The maximum absolute atomic E-state index is 6.50. The van der Waals surface area contributed by atoms with Gasteiger partial charge in [-0.25, -0.2) is 0 Å². The fourth-order valence-electron chi connectivity index (χ4n) is 3.87. The minimum atomic E-state index is -0.277. The first kappa shape index (κ1) is 28.1. The highest BCUT2D eigenvalue weighted by molar-refractivity contribution is 6.37. The van der Waals surface area contributed by atoms with E-state index in [1.807, 2.05) is 24.3 Å². The maximum atomic E-state index is 6.50. The summed E-state index contributed by atoms with van der Waals surface area (Å²) in [6.07, 6.45) is 4.16. The molecule has 0 saturated carbocycles. The van der Waals surface area contributed by atoms with E-state index in [4.69, 9.17) is 44.3 Å². The quantitative estimate of drug-likeness (QED) is 0.176. The molecule has 0 N–H and O–H groups in total. The summed E-state index contributed by atoms with van der Waals surface area (Å²) in [4.78, 5) is 2.51. The minimum Gasteiger partial charge on any atom is -0.494 e. The molecule has 2 rings (SSSR count). The van der Waals surface area contributed by atoms with E-state index in [1.54, 1.807) is 0 Å². The van der Waals surface area contributed by atoms with Crippen molar-refractivity contribution >= 4 is 34.8 Å². The minimum absolute atomic E-state index is 0.277. The Kier molecular flexibility index (Phi) is 12.2. The number of hydrogen-bond acceptors (Lipinski definition) is 3. The van der Waals surface area contributed by atoms with E-state index in [2.05, 4.69) is 44.7 Å². The number of nitrogens with zero attached hydrogens (tertiary/aromatic N) is 1. The van der Waals surface area contributed by atoms with Crippen molar-refractivity contribution in [1.29, 1.82) is 0 Å². The van der Waals surface area contributed by atoms with Gasteiger partial charge >= 0.3 is 0 Å². The third kappa shape index (κ3) is 8.55. The molecule has 3 nitrogen and oxygen atoms in total. The summed E-state index contributed by atoms with van der Waals surface area (Å²) in [6.45, 7) is 13.4. The van der Waals surface area contributed by atoms with Crippen LogP contribution in [0, 0.1) is 0 Å². The first-order valence-electron chi connectivity index (χ1n) is 12.0. The average molecular weight is 515 g/mol. The van der Waals surface area contributed by atoms with Crippen molar-refractivity contribution in [3.8, 4) is 11.5 Å². The van der Waals surface area contributed by atoms with Gasteiger partial charge in [0, 0.05) is 17.8 Å². The standard InChI is InChI=1S/C27H38Cl3NO2/c1-5-14-31(15-6-2)16-8-18-32-23-11-9-21(10-12-23)27(3,4)22-19-24(29)26(25(30)20-22)33-17-7-13-28/h9-12,19-20H,5-8,13-18H2,1-4H3. The molecule has 0 aromatic heterocycles. The third-order valence-corrected chi connectivity index (χ3v) is 6.62. The van der Waals surface area contributed by atoms with Gasteiger partial charge in [-0.3, -0.25) is 0 Å². The van der Waals surface area contributed by atoms with Gasteiger partial charge in [0.1, 0.15) is 5.75 Å². The summed E-state index contributed by atoms with van der Waals surface area (Å²) in [5, 5.41) is 1.03. The normalized spacial score (nSPS) is 11.8. The van der Waals surface area contributed by atoms with Gasteiger partial charge in [-0.15, -0.1) is 11.6 Å². The molecular weight excluding hydrogens is 477 g/mol. The van der Waals surface area contributed by atoms with Crippen LogP contribution in [0.1, 0.15) is 64.5 Å². The molecule has 0 bridgehead atoms. The predicted octanol–water partition coefficient (Wildman–Crippen LogP) is 8.22. The van der Waals surface area contributed by atoms with E-state index in [9.17, 15) is 0 Å². The SMILES string of the molecule is CCCN(CCC)CCCOc1ccc(C(C)(C)c2cc(Cl)c(OCCCCl)c(Cl)c2)cc1. The van der Waals surface area contributed by atoms with Crippen LogP contribution in [-0.2, 0) is 5.41 Å². The molecule has 0 fully saturated rings. The zero-order chi connectivity index (χ0) is 24.3.